The van der Waals surface area contributed by atoms with Gasteiger partial charge in [-0.2, -0.15) is 0 Å². The van der Waals surface area contributed by atoms with E-state index in [1.807, 2.05) is 30.5 Å². The molecule has 0 aliphatic carbocycles. The summed E-state index contributed by atoms with van der Waals surface area (Å²) in [5.41, 5.74) is 2.71. The summed E-state index contributed by atoms with van der Waals surface area (Å²) in [7, 11) is 0. The number of phenols is 1. The average molecular weight is 323 g/mol. The number of fused-ring (bicyclic) bond motifs is 1. The Labute approximate surface area is 117 Å². The number of benzene rings is 2. The summed E-state index contributed by atoms with van der Waals surface area (Å²) in [5.74, 6) is 0.268. The topological polar surface area (TPSA) is 36.0 Å². The van der Waals surface area contributed by atoms with Crippen LogP contribution in [0.15, 0.2) is 47.1 Å². The minimum absolute atomic E-state index is 0.268. The Bertz CT molecular complexity index is 736. The Morgan fingerprint density at radius 3 is 2.67 bits per heavy atom. The van der Waals surface area contributed by atoms with Crippen LogP contribution >= 0.6 is 27.5 Å². The molecule has 0 saturated heterocycles. The van der Waals surface area contributed by atoms with Crippen molar-refractivity contribution < 1.29 is 5.11 Å². The van der Waals surface area contributed by atoms with E-state index in [0.717, 1.165) is 26.5 Å². The number of nitrogens with one attached hydrogen (secondary N) is 1. The van der Waals surface area contributed by atoms with E-state index in [1.54, 1.807) is 12.1 Å². The van der Waals surface area contributed by atoms with Gasteiger partial charge in [0.2, 0.25) is 0 Å². The highest BCUT2D eigenvalue weighted by Crippen LogP contribution is 2.37. The molecular formula is C14H9BrClNO. The number of aromatic amines is 1. The average Bonchev–Trinajstić information content (AvgIpc) is 2.73. The Morgan fingerprint density at radius 2 is 1.89 bits per heavy atom. The summed E-state index contributed by atoms with van der Waals surface area (Å²) in [5, 5.41) is 11.6. The predicted octanol–water partition coefficient (Wildman–Crippen LogP) is 4.96. The van der Waals surface area contributed by atoms with E-state index in [-0.39, 0.29) is 5.75 Å². The number of aromatic nitrogens is 1. The molecule has 0 amide bonds. The van der Waals surface area contributed by atoms with Crippen molar-refractivity contribution in [3.05, 3.63) is 52.1 Å². The van der Waals surface area contributed by atoms with E-state index in [0.29, 0.717) is 5.02 Å². The van der Waals surface area contributed by atoms with Gasteiger partial charge in [-0.3, -0.25) is 0 Å². The molecule has 3 aromatic rings. The molecule has 2 N–H and O–H groups in total. The molecule has 18 heavy (non-hydrogen) atoms. The van der Waals surface area contributed by atoms with Gasteiger partial charge in [0.25, 0.3) is 0 Å². The number of rotatable bonds is 1. The van der Waals surface area contributed by atoms with Crippen molar-refractivity contribution in [3.8, 4) is 16.9 Å². The number of hydrogen-bond acceptors (Lipinski definition) is 1. The lowest BCUT2D eigenvalue weighted by molar-refractivity contribution is 0.477. The molecule has 0 bridgehead atoms. The fraction of sp³-hybridized carbons (Fsp3) is 0. The maximum atomic E-state index is 9.91. The van der Waals surface area contributed by atoms with E-state index < -0.39 is 0 Å². The number of para-hydroxylation sites is 1. The van der Waals surface area contributed by atoms with Crippen molar-refractivity contribution in [2.45, 2.75) is 0 Å². The summed E-state index contributed by atoms with van der Waals surface area (Å²) in [4.78, 5) is 3.17. The van der Waals surface area contributed by atoms with Crippen molar-refractivity contribution in [2.75, 3.05) is 0 Å². The maximum Gasteiger partial charge on any atom is 0.123 e. The Hall–Kier alpha value is -1.45. The van der Waals surface area contributed by atoms with Crippen LogP contribution in [0.1, 0.15) is 0 Å². The van der Waals surface area contributed by atoms with E-state index in [1.165, 1.54) is 0 Å². The smallest absolute Gasteiger partial charge is 0.123 e. The number of phenolic OH excluding ortho intramolecular Hbond substituents is 1. The van der Waals surface area contributed by atoms with Crippen LogP contribution in [-0.2, 0) is 0 Å². The summed E-state index contributed by atoms with van der Waals surface area (Å²) >= 11 is 9.48. The molecule has 1 heterocycles. The van der Waals surface area contributed by atoms with Crippen LogP contribution in [0.3, 0.4) is 0 Å². The standard InChI is InChI=1S/C14H9BrClNO/c15-11-5-9-10(7-17-13(9)6-12(11)16)8-3-1-2-4-14(8)18/h1-7,17-18H. The second-order valence-electron chi connectivity index (χ2n) is 4.03. The highest BCUT2D eigenvalue weighted by Gasteiger charge is 2.11. The van der Waals surface area contributed by atoms with Crippen molar-refractivity contribution in [1.29, 1.82) is 0 Å². The molecule has 0 unspecified atom stereocenters. The van der Waals surface area contributed by atoms with Gasteiger partial charge in [-0.15, -0.1) is 0 Å². The first-order chi connectivity index (χ1) is 8.66. The normalized spacial score (nSPS) is 11.0. The molecule has 3 rings (SSSR count). The molecule has 0 saturated carbocycles. The van der Waals surface area contributed by atoms with E-state index in [4.69, 9.17) is 11.6 Å². The number of hydrogen-bond donors (Lipinski definition) is 2. The van der Waals surface area contributed by atoms with E-state index >= 15 is 0 Å². The minimum Gasteiger partial charge on any atom is -0.507 e. The molecule has 0 spiro atoms. The van der Waals surface area contributed by atoms with Crippen LogP contribution in [0.4, 0.5) is 0 Å². The molecule has 90 valence electrons. The van der Waals surface area contributed by atoms with Gasteiger partial charge in [-0.05, 0) is 34.1 Å². The Kier molecular flexibility index (Phi) is 2.80. The quantitative estimate of drug-likeness (QED) is 0.653. The molecule has 0 atom stereocenters. The number of halogens is 2. The largest absolute Gasteiger partial charge is 0.507 e. The zero-order chi connectivity index (χ0) is 12.7. The van der Waals surface area contributed by atoms with Gasteiger partial charge in [0.15, 0.2) is 0 Å². The number of H-pyrrole nitrogens is 1. The van der Waals surface area contributed by atoms with Crippen molar-refractivity contribution in [2.24, 2.45) is 0 Å². The summed E-state index contributed by atoms with van der Waals surface area (Å²) < 4.78 is 0.841. The van der Waals surface area contributed by atoms with Crippen molar-refractivity contribution in [1.82, 2.24) is 4.98 Å². The highest BCUT2D eigenvalue weighted by atomic mass is 79.9. The van der Waals surface area contributed by atoms with Gasteiger partial charge in [0.05, 0.1) is 5.02 Å². The molecular weight excluding hydrogens is 314 g/mol. The van der Waals surface area contributed by atoms with Crippen LogP contribution in [-0.4, -0.2) is 10.1 Å². The predicted molar refractivity (Wildman–Crippen MR) is 78.1 cm³/mol. The third kappa shape index (κ3) is 1.80. The van der Waals surface area contributed by atoms with E-state index in [2.05, 4.69) is 20.9 Å². The van der Waals surface area contributed by atoms with Crippen LogP contribution in [0.25, 0.3) is 22.0 Å². The van der Waals surface area contributed by atoms with Gasteiger partial charge >= 0.3 is 0 Å². The van der Waals surface area contributed by atoms with Crippen molar-refractivity contribution in [3.63, 3.8) is 0 Å². The minimum atomic E-state index is 0.268. The zero-order valence-electron chi connectivity index (χ0n) is 9.24. The SMILES string of the molecule is Oc1ccccc1-c1c[nH]c2cc(Cl)c(Br)cc12. The van der Waals surface area contributed by atoms with Gasteiger partial charge in [-0.1, -0.05) is 29.8 Å². The highest BCUT2D eigenvalue weighted by molar-refractivity contribution is 9.10. The molecule has 2 aromatic carbocycles. The monoisotopic (exact) mass is 321 g/mol. The lowest BCUT2D eigenvalue weighted by Gasteiger charge is -2.03. The molecule has 0 aliphatic heterocycles. The molecule has 0 radical (unpaired) electrons. The van der Waals surface area contributed by atoms with E-state index in [9.17, 15) is 5.11 Å². The van der Waals surface area contributed by atoms with Crippen LogP contribution in [0.5, 0.6) is 5.75 Å². The fourth-order valence-corrected chi connectivity index (χ4v) is 2.55. The van der Waals surface area contributed by atoms with Crippen molar-refractivity contribution >= 4 is 38.4 Å². The first-order valence-electron chi connectivity index (χ1n) is 5.41. The van der Waals surface area contributed by atoms with Gasteiger partial charge in [-0.25, -0.2) is 0 Å². The van der Waals surface area contributed by atoms with Gasteiger partial charge in [0.1, 0.15) is 5.75 Å². The van der Waals surface area contributed by atoms with Crippen LogP contribution < -0.4 is 0 Å². The van der Waals surface area contributed by atoms with Crippen LogP contribution in [0.2, 0.25) is 5.02 Å². The second kappa shape index (κ2) is 4.34. The molecule has 0 aliphatic rings. The zero-order valence-corrected chi connectivity index (χ0v) is 11.6. The third-order valence-corrected chi connectivity index (χ3v) is 4.11. The third-order valence-electron chi connectivity index (χ3n) is 2.92. The summed E-state index contributed by atoms with van der Waals surface area (Å²) in [6, 6.07) is 11.1. The summed E-state index contributed by atoms with van der Waals surface area (Å²) in [6.07, 6.45) is 1.88. The van der Waals surface area contributed by atoms with Crippen LogP contribution in [0, 0.1) is 0 Å². The molecule has 4 heteroatoms. The Morgan fingerprint density at radius 1 is 1.11 bits per heavy atom. The Balaban J connectivity index is 2.31. The lowest BCUT2D eigenvalue weighted by atomic mass is 10.0. The first-order valence-corrected chi connectivity index (χ1v) is 6.58. The lowest BCUT2D eigenvalue weighted by Crippen LogP contribution is -1.77. The van der Waals surface area contributed by atoms with Gasteiger partial charge in [0, 0.05) is 32.7 Å². The summed E-state index contributed by atoms with van der Waals surface area (Å²) in [6.45, 7) is 0. The fourth-order valence-electron chi connectivity index (χ4n) is 2.04. The number of aromatic hydroxyl groups is 1. The molecule has 2 nitrogen and oxygen atoms in total. The first kappa shape index (κ1) is 11.6. The maximum absolute atomic E-state index is 9.91. The second-order valence-corrected chi connectivity index (χ2v) is 5.29. The molecule has 0 fully saturated rings. The molecule has 1 aromatic heterocycles. The van der Waals surface area contributed by atoms with Gasteiger partial charge < -0.3 is 10.1 Å².